The summed E-state index contributed by atoms with van der Waals surface area (Å²) in [5, 5.41) is 13.0. The Morgan fingerprint density at radius 1 is 0.881 bits per heavy atom. The molecule has 14 nitrogen and oxygen atoms in total. The molecular formula is C43H49F2N7O7. The highest BCUT2D eigenvalue weighted by atomic mass is 19.1. The maximum Gasteiger partial charge on any atom is 0.260 e. The van der Waals surface area contributed by atoms with E-state index in [0.29, 0.717) is 54.4 Å². The summed E-state index contributed by atoms with van der Waals surface area (Å²) in [7, 11) is 3.02. The Hall–Kier alpha value is -5.51. The van der Waals surface area contributed by atoms with E-state index in [1.807, 2.05) is 6.07 Å². The number of piperazine rings is 1. The fraction of sp³-hybridized carbons (Fsp3) is 0.512. The topological polar surface area (TPSA) is 148 Å². The molecule has 0 bridgehead atoms. The monoisotopic (exact) mass is 813 g/mol. The van der Waals surface area contributed by atoms with Crippen molar-refractivity contribution >= 4 is 40.8 Å². The first-order valence-corrected chi connectivity index (χ1v) is 20.6. The number of phenolic OH excluding ortho intramolecular Hbond substituents is 1. The molecule has 59 heavy (non-hydrogen) atoms. The number of aromatic hydroxyl groups is 1. The highest BCUT2D eigenvalue weighted by Crippen LogP contribution is 2.62. The van der Waals surface area contributed by atoms with Gasteiger partial charge in [-0.1, -0.05) is 18.9 Å². The van der Waals surface area contributed by atoms with E-state index in [4.69, 9.17) is 14.5 Å². The summed E-state index contributed by atoms with van der Waals surface area (Å²) in [4.78, 5) is 65.7. The van der Waals surface area contributed by atoms with Gasteiger partial charge in [0.15, 0.2) is 11.6 Å². The molecule has 1 saturated carbocycles. The molecule has 4 saturated heterocycles. The third kappa shape index (κ3) is 6.59. The minimum atomic E-state index is -0.823. The number of fused-ring (bicyclic) bond motifs is 1. The molecule has 16 heteroatoms. The fourth-order valence-corrected chi connectivity index (χ4v) is 10.5. The number of carbonyl (C=O) groups is 4. The lowest BCUT2D eigenvalue weighted by Crippen LogP contribution is -2.62. The van der Waals surface area contributed by atoms with E-state index < -0.39 is 40.8 Å². The van der Waals surface area contributed by atoms with Gasteiger partial charge < -0.3 is 29.3 Å². The number of anilines is 3. The van der Waals surface area contributed by atoms with Crippen LogP contribution in [0.2, 0.25) is 0 Å². The molecule has 2 atom stereocenters. The number of halogens is 2. The first-order valence-electron chi connectivity index (χ1n) is 20.6. The molecular weight excluding hydrogens is 765 g/mol. The van der Waals surface area contributed by atoms with Crippen molar-refractivity contribution in [3.63, 3.8) is 0 Å². The van der Waals surface area contributed by atoms with Crippen LogP contribution in [0.25, 0.3) is 0 Å². The number of phenols is 1. The summed E-state index contributed by atoms with van der Waals surface area (Å²) in [6, 6.07) is 7.90. The standard InChI is InChI=1S/C43H49F2N7O7/c1-58-33-22-32(29(45)21-27(33)38-43(12-3-4-13-43)42(57)52(38)30-7-5-6-28(44)37(30)54)49-14-10-25(11-15-49)23-48-16-18-50(19-17-48)34-20-26-24-51(31-8-9-35(53)47-39(31)55)41(56)36(26)40(46-34)59-2/h5-7,20-22,25,31,38,54H,3-4,8-19,23-24H2,1-2H3,(H,47,53,55)/t31-,38-/m0/s1. The van der Waals surface area contributed by atoms with Crippen LogP contribution in [0.15, 0.2) is 36.4 Å². The maximum absolute atomic E-state index is 16.3. The van der Waals surface area contributed by atoms with Gasteiger partial charge in [-0.15, -0.1) is 0 Å². The summed E-state index contributed by atoms with van der Waals surface area (Å²) in [6.45, 7) is 5.63. The molecule has 5 fully saturated rings. The summed E-state index contributed by atoms with van der Waals surface area (Å²) >= 11 is 0. The molecule has 1 aromatic heterocycles. The fourth-order valence-electron chi connectivity index (χ4n) is 10.5. The van der Waals surface area contributed by atoms with Crippen molar-refractivity contribution in [3.8, 4) is 17.4 Å². The van der Waals surface area contributed by atoms with Crippen molar-refractivity contribution in [3.05, 3.63) is 64.7 Å². The number of rotatable bonds is 9. The van der Waals surface area contributed by atoms with Crippen LogP contribution in [0, 0.1) is 23.0 Å². The van der Waals surface area contributed by atoms with Crippen LogP contribution in [0.3, 0.4) is 0 Å². The van der Waals surface area contributed by atoms with Crippen molar-refractivity contribution in [2.24, 2.45) is 11.3 Å². The van der Waals surface area contributed by atoms with E-state index >= 15 is 4.39 Å². The van der Waals surface area contributed by atoms with Crippen LogP contribution < -0.4 is 29.5 Å². The van der Waals surface area contributed by atoms with E-state index in [-0.39, 0.29) is 48.7 Å². The molecule has 5 aliphatic heterocycles. The summed E-state index contributed by atoms with van der Waals surface area (Å²) in [5.41, 5.74) is 1.40. The van der Waals surface area contributed by atoms with Gasteiger partial charge in [-0.25, -0.2) is 8.78 Å². The largest absolute Gasteiger partial charge is 0.503 e. The number of ether oxygens (including phenoxy) is 2. The normalized spacial score (nSPS) is 23.5. The predicted octanol–water partition coefficient (Wildman–Crippen LogP) is 4.53. The molecule has 312 valence electrons. The van der Waals surface area contributed by atoms with Crippen LogP contribution in [0.5, 0.6) is 17.4 Å². The van der Waals surface area contributed by atoms with Gasteiger partial charge in [0.05, 0.1) is 37.1 Å². The Morgan fingerprint density at radius 3 is 2.32 bits per heavy atom. The summed E-state index contributed by atoms with van der Waals surface area (Å²) in [5.74, 6) is -1.29. The highest BCUT2D eigenvalue weighted by Gasteiger charge is 2.63. The maximum atomic E-state index is 16.3. The molecule has 9 rings (SSSR count). The van der Waals surface area contributed by atoms with Crippen molar-refractivity contribution < 1.29 is 42.5 Å². The number of amides is 4. The third-order valence-electron chi connectivity index (χ3n) is 13.6. The molecule has 6 heterocycles. The number of para-hydroxylation sites is 1. The number of nitrogens with zero attached hydrogens (tertiary/aromatic N) is 6. The highest BCUT2D eigenvalue weighted by molar-refractivity contribution is 6.08. The molecule has 2 aromatic carbocycles. The van der Waals surface area contributed by atoms with Crippen LogP contribution in [-0.4, -0.2) is 110 Å². The second kappa shape index (κ2) is 15.3. The van der Waals surface area contributed by atoms with E-state index in [1.54, 1.807) is 6.07 Å². The second-order valence-corrected chi connectivity index (χ2v) is 16.7. The number of benzene rings is 2. The number of piperidine rings is 2. The minimum absolute atomic E-state index is 0.0745. The smallest absolute Gasteiger partial charge is 0.260 e. The van der Waals surface area contributed by atoms with Crippen molar-refractivity contribution in [2.75, 3.05) is 74.7 Å². The molecule has 6 aliphatic rings. The lowest BCUT2D eigenvalue weighted by atomic mass is 9.66. The Kier molecular flexibility index (Phi) is 10.1. The molecule has 0 unspecified atom stereocenters. The predicted molar refractivity (Wildman–Crippen MR) is 213 cm³/mol. The first kappa shape index (κ1) is 39.0. The lowest BCUT2D eigenvalue weighted by Gasteiger charge is -2.55. The number of β-lactam (4-membered cyclic amide) rings is 1. The Morgan fingerprint density at radius 2 is 1.63 bits per heavy atom. The van der Waals surface area contributed by atoms with Gasteiger partial charge in [0.2, 0.25) is 23.6 Å². The first-order chi connectivity index (χ1) is 28.5. The van der Waals surface area contributed by atoms with Gasteiger partial charge in [-0.05, 0) is 67.9 Å². The molecule has 1 spiro atoms. The zero-order valence-electron chi connectivity index (χ0n) is 33.3. The third-order valence-corrected chi connectivity index (χ3v) is 13.6. The van der Waals surface area contributed by atoms with Crippen LogP contribution in [-0.2, 0) is 20.9 Å². The zero-order chi connectivity index (χ0) is 41.2. The average Bonchev–Trinajstić information content (AvgIpc) is 3.88. The van der Waals surface area contributed by atoms with Crippen molar-refractivity contribution in [1.29, 1.82) is 0 Å². The van der Waals surface area contributed by atoms with Gasteiger partial charge in [-0.3, -0.25) is 34.3 Å². The van der Waals surface area contributed by atoms with Gasteiger partial charge in [0.1, 0.15) is 29.0 Å². The molecule has 2 N–H and O–H groups in total. The van der Waals surface area contributed by atoms with Crippen molar-refractivity contribution in [2.45, 2.75) is 70.0 Å². The Bertz CT molecular complexity index is 2200. The average molecular weight is 814 g/mol. The minimum Gasteiger partial charge on any atom is -0.503 e. The SMILES string of the molecule is COc1cc(N2CCC(CN3CCN(c4cc5c(c(OC)n4)C(=O)N([C@H]4CCC(=O)NC4=O)C5)CC3)CC2)c(F)cc1[C@@H]1N(c2cccc(F)c2O)C(=O)C12CCCC2. The van der Waals surface area contributed by atoms with Crippen molar-refractivity contribution in [1.82, 2.24) is 20.1 Å². The number of methoxy groups -OCH3 is 2. The number of carbonyl (C=O) groups excluding carboxylic acids is 4. The number of hydrogen-bond acceptors (Lipinski definition) is 11. The number of aromatic nitrogens is 1. The second-order valence-electron chi connectivity index (χ2n) is 16.7. The summed E-state index contributed by atoms with van der Waals surface area (Å²) < 4.78 is 42.2. The number of imide groups is 1. The van der Waals surface area contributed by atoms with Gasteiger partial charge in [0.25, 0.3) is 5.91 Å². The number of pyridine rings is 1. The molecule has 0 radical (unpaired) electrons. The van der Waals surface area contributed by atoms with Crippen LogP contribution in [0.1, 0.15) is 78.9 Å². The van der Waals surface area contributed by atoms with Gasteiger partial charge in [0, 0.05) is 70.4 Å². The van der Waals surface area contributed by atoms with Gasteiger partial charge >= 0.3 is 0 Å². The van der Waals surface area contributed by atoms with Crippen LogP contribution >= 0.6 is 0 Å². The van der Waals surface area contributed by atoms with E-state index in [1.165, 1.54) is 42.2 Å². The molecule has 3 aromatic rings. The zero-order valence-corrected chi connectivity index (χ0v) is 33.3. The van der Waals surface area contributed by atoms with E-state index in [0.717, 1.165) is 75.9 Å². The Labute approximate surface area is 341 Å². The van der Waals surface area contributed by atoms with Crippen LogP contribution in [0.4, 0.5) is 26.0 Å². The summed E-state index contributed by atoms with van der Waals surface area (Å²) in [6.07, 6.45) is 5.22. The van der Waals surface area contributed by atoms with E-state index in [9.17, 15) is 28.7 Å². The number of nitrogens with one attached hydrogen (secondary N) is 1. The van der Waals surface area contributed by atoms with Gasteiger partial charge in [-0.2, -0.15) is 4.98 Å². The quantitative estimate of drug-likeness (QED) is 0.232. The number of hydrogen-bond donors (Lipinski definition) is 2. The molecule has 4 amide bonds. The Balaban J connectivity index is 0.829. The lowest BCUT2D eigenvalue weighted by molar-refractivity contribution is -0.140. The van der Waals surface area contributed by atoms with E-state index in [2.05, 4.69) is 20.0 Å². The molecule has 1 aliphatic carbocycles.